The van der Waals surface area contributed by atoms with E-state index in [0.29, 0.717) is 6.92 Å². The molecule has 0 radical (unpaired) electrons. The summed E-state index contributed by atoms with van der Waals surface area (Å²) in [5.74, 6) is -2.40. The number of benzene rings is 1. The van der Waals surface area contributed by atoms with E-state index >= 15 is 0 Å². The Morgan fingerprint density at radius 1 is 1.21 bits per heavy atom. The summed E-state index contributed by atoms with van der Waals surface area (Å²) in [6, 6.07) is 4.78. The largest absolute Gasteiger partial charge is 0.481 e. The van der Waals surface area contributed by atoms with Crippen LogP contribution in [0.5, 0.6) is 5.75 Å². The normalized spacial score (nSPS) is 15.1. The van der Waals surface area contributed by atoms with E-state index in [1.165, 1.54) is 19.1 Å². The molecule has 0 aliphatic rings. The van der Waals surface area contributed by atoms with Gasteiger partial charge in [0.15, 0.2) is 11.7 Å². The van der Waals surface area contributed by atoms with Crippen LogP contribution in [0.1, 0.15) is 20.3 Å². The number of nitrogens with one attached hydrogen (secondary N) is 2. The number of carbonyl (C=O) groups excluding carboxylic acids is 2. The lowest BCUT2D eigenvalue weighted by Gasteiger charge is -2.25. The van der Waals surface area contributed by atoms with Crippen LogP contribution >= 0.6 is 0 Å². The first-order valence-electron chi connectivity index (χ1n) is 6.72. The number of halogens is 4. The van der Waals surface area contributed by atoms with Crippen LogP contribution in [0.4, 0.5) is 17.6 Å². The van der Waals surface area contributed by atoms with Crippen molar-refractivity contribution in [2.45, 2.75) is 38.1 Å². The van der Waals surface area contributed by atoms with Crippen LogP contribution in [0.2, 0.25) is 0 Å². The van der Waals surface area contributed by atoms with E-state index in [-0.39, 0.29) is 5.75 Å². The number of hydrazine groups is 1. The van der Waals surface area contributed by atoms with E-state index in [1.54, 1.807) is 5.43 Å². The van der Waals surface area contributed by atoms with Crippen LogP contribution in [-0.2, 0) is 9.59 Å². The molecule has 0 aromatic heterocycles. The van der Waals surface area contributed by atoms with Gasteiger partial charge < -0.3 is 9.84 Å². The lowest BCUT2D eigenvalue weighted by Crippen LogP contribution is -2.51. The van der Waals surface area contributed by atoms with Crippen molar-refractivity contribution in [3.05, 3.63) is 30.1 Å². The first kappa shape index (κ1) is 19.7. The summed E-state index contributed by atoms with van der Waals surface area (Å²) in [4.78, 5) is 23.0. The van der Waals surface area contributed by atoms with Gasteiger partial charge in [-0.3, -0.25) is 20.4 Å². The first-order chi connectivity index (χ1) is 10.9. The molecule has 6 nitrogen and oxygen atoms in total. The van der Waals surface area contributed by atoms with Gasteiger partial charge in [0.2, 0.25) is 5.91 Å². The lowest BCUT2D eigenvalue weighted by atomic mass is 10.0. The van der Waals surface area contributed by atoms with Gasteiger partial charge in [-0.1, -0.05) is 0 Å². The fraction of sp³-hybridized carbons (Fsp3) is 0.429. The Morgan fingerprint density at radius 2 is 1.75 bits per heavy atom. The van der Waals surface area contributed by atoms with Gasteiger partial charge in [-0.15, -0.1) is 0 Å². The molecular formula is C14H16F4N2O4. The molecule has 0 bridgehead atoms. The Balaban J connectivity index is 2.47. The number of hydrogen-bond donors (Lipinski definition) is 3. The number of amides is 2. The summed E-state index contributed by atoms with van der Waals surface area (Å²) < 4.78 is 55.2. The van der Waals surface area contributed by atoms with Crippen molar-refractivity contribution >= 4 is 11.8 Å². The van der Waals surface area contributed by atoms with Gasteiger partial charge in [-0.25, -0.2) is 4.39 Å². The molecule has 0 fully saturated rings. The fourth-order valence-corrected chi connectivity index (χ4v) is 1.46. The molecule has 0 unspecified atom stereocenters. The minimum atomic E-state index is -4.99. The van der Waals surface area contributed by atoms with E-state index < -0.39 is 41.9 Å². The van der Waals surface area contributed by atoms with Crippen molar-refractivity contribution in [1.29, 1.82) is 0 Å². The molecule has 0 spiro atoms. The Bertz CT molecular complexity index is 587. The zero-order valence-corrected chi connectivity index (χ0v) is 12.8. The predicted molar refractivity (Wildman–Crippen MR) is 74.1 cm³/mol. The van der Waals surface area contributed by atoms with Crippen LogP contribution in [0.3, 0.4) is 0 Å². The highest BCUT2D eigenvalue weighted by Gasteiger charge is 2.51. The third-order valence-electron chi connectivity index (χ3n) is 2.94. The summed E-state index contributed by atoms with van der Waals surface area (Å²) >= 11 is 0. The number of ether oxygens (including phenoxy) is 1. The molecular weight excluding hydrogens is 336 g/mol. The SMILES string of the molecule is C[C@H](Oc1ccc(F)cc1)C(=O)NNC(=O)C[C@@](C)(O)C(F)(F)F. The Hall–Kier alpha value is -2.36. The maximum atomic E-state index is 12.7. The van der Waals surface area contributed by atoms with Crippen molar-refractivity contribution in [3.63, 3.8) is 0 Å². The van der Waals surface area contributed by atoms with Crippen molar-refractivity contribution in [3.8, 4) is 5.75 Å². The summed E-state index contributed by atoms with van der Waals surface area (Å²) in [6.07, 6.45) is -7.39. The average Bonchev–Trinajstić information content (AvgIpc) is 2.45. The second-order valence-corrected chi connectivity index (χ2v) is 5.20. The lowest BCUT2D eigenvalue weighted by molar-refractivity contribution is -0.253. The Kier molecular flexibility index (Phi) is 6.13. The molecule has 0 heterocycles. The molecule has 0 saturated heterocycles. The highest BCUT2D eigenvalue weighted by Crippen LogP contribution is 2.32. The first-order valence-corrected chi connectivity index (χ1v) is 6.72. The van der Waals surface area contributed by atoms with E-state index in [1.807, 2.05) is 5.43 Å². The molecule has 10 heteroatoms. The Morgan fingerprint density at radius 3 is 2.25 bits per heavy atom. The second-order valence-electron chi connectivity index (χ2n) is 5.20. The average molecular weight is 352 g/mol. The topological polar surface area (TPSA) is 87.7 Å². The molecule has 3 N–H and O–H groups in total. The maximum absolute atomic E-state index is 12.7. The highest BCUT2D eigenvalue weighted by molar-refractivity contribution is 5.84. The van der Waals surface area contributed by atoms with E-state index in [0.717, 1.165) is 12.1 Å². The zero-order valence-electron chi connectivity index (χ0n) is 12.8. The van der Waals surface area contributed by atoms with Gasteiger partial charge in [-0.05, 0) is 38.1 Å². The molecule has 2 atom stereocenters. The number of alkyl halides is 3. The number of rotatable bonds is 5. The molecule has 0 saturated carbocycles. The summed E-state index contributed by atoms with van der Waals surface area (Å²) in [6.45, 7) is 1.76. The van der Waals surface area contributed by atoms with Crippen LogP contribution in [0.15, 0.2) is 24.3 Å². The second kappa shape index (κ2) is 7.47. The van der Waals surface area contributed by atoms with Crippen molar-refractivity contribution in [2.75, 3.05) is 0 Å². The standard InChI is InChI=1S/C14H16F4N2O4/c1-8(24-10-5-3-9(15)4-6-10)12(22)20-19-11(21)7-13(2,23)14(16,17)18/h3-6,8,23H,7H2,1-2H3,(H,19,21)(H,20,22)/t8-,13+/m0/s1. The van der Waals surface area contributed by atoms with Crippen molar-refractivity contribution < 1.29 is 37.0 Å². The summed E-state index contributed by atoms with van der Waals surface area (Å²) in [5, 5.41) is 9.16. The number of hydrogen-bond acceptors (Lipinski definition) is 4. The monoisotopic (exact) mass is 352 g/mol. The predicted octanol–water partition coefficient (Wildman–Crippen LogP) is 1.44. The van der Waals surface area contributed by atoms with Crippen LogP contribution in [0, 0.1) is 5.82 Å². The molecule has 24 heavy (non-hydrogen) atoms. The maximum Gasteiger partial charge on any atom is 0.417 e. The van der Waals surface area contributed by atoms with E-state index in [4.69, 9.17) is 9.84 Å². The smallest absolute Gasteiger partial charge is 0.417 e. The van der Waals surface area contributed by atoms with Gasteiger partial charge in [-0.2, -0.15) is 13.2 Å². The third-order valence-corrected chi connectivity index (χ3v) is 2.94. The van der Waals surface area contributed by atoms with Crippen LogP contribution in [-0.4, -0.2) is 34.8 Å². The third kappa shape index (κ3) is 5.69. The number of aliphatic hydroxyl groups is 1. The van der Waals surface area contributed by atoms with Crippen LogP contribution in [0.25, 0.3) is 0 Å². The molecule has 0 aliphatic carbocycles. The van der Waals surface area contributed by atoms with Gasteiger partial charge in [0.1, 0.15) is 11.6 Å². The summed E-state index contributed by atoms with van der Waals surface area (Å²) in [7, 11) is 0. The molecule has 1 aromatic carbocycles. The minimum absolute atomic E-state index is 0.186. The minimum Gasteiger partial charge on any atom is -0.481 e. The van der Waals surface area contributed by atoms with Gasteiger partial charge in [0.05, 0.1) is 6.42 Å². The molecule has 0 aliphatic heterocycles. The van der Waals surface area contributed by atoms with Crippen molar-refractivity contribution in [2.24, 2.45) is 0 Å². The molecule has 134 valence electrons. The Labute approximate surface area is 134 Å². The highest BCUT2D eigenvalue weighted by atomic mass is 19.4. The molecule has 1 aromatic rings. The van der Waals surface area contributed by atoms with Gasteiger partial charge in [0, 0.05) is 0 Å². The number of carbonyl (C=O) groups is 2. The van der Waals surface area contributed by atoms with Gasteiger partial charge in [0.25, 0.3) is 5.91 Å². The van der Waals surface area contributed by atoms with E-state index in [9.17, 15) is 27.2 Å². The fourth-order valence-electron chi connectivity index (χ4n) is 1.46. The van der Waals surface area contributed by atoms with Crippen LogP contribution < -0.4 is 15.6 Å². The molecule has 1 rings (SSSR count). The quantitative estimate of drug-likeness (QED) is 0.553. The zero-order chi connectivity index (χ0) is 18.5. The summed E-state index contributed by atoms with van der Waals surface area (Å²) in [5.41, 5.74) is 0.396. The van der Waals surface area contributed by atoms with E-state index in [2.05, 4.69) is 0 Å². The van der Waals surface area contributed by atoms with Crippen molar-refractivity contribution in [1.82, 2.24) is 10.9 Å². The van der Waals surface area contributed by atoms with Gasteiger partial charge >= 0.3 is 6.18 Å². The molecule has 2 amide bonds.